The summed E-state index contributed by atoms with van der Waals surface area (Å²) in [6.07, 6.45) is 3.06. The highest BCUT2D eigenvalue weighted by Crippen LogP contribution is 2.43. The predicted molar refractivity (Wildman–Crippen MR) is 102 cm³/mol. The lowest BCUT2D eigenvalue weighted by atomic mass is 9.77. The van der Waals surface area contributed by atoms with Crippen LogP contribution in [0.15, 0.2) is 54.6 Å². The van der Waals surface area contributed by atoms with E-state index in [4.69, 9.17) is 16.3 Å². The second-order valence-electron chi connectivity index (χ2n) is 7.16. The average molecular weight is 369 g/mol. The number of carbonyl (C=O) groups excluding carboxylic acids is 1. The van der Waals surface area contributed by atoms with Gasteiger partial charge < -0.3 is 9.84 Å². The normalized spacial score (nSPS) is 30.0. The molecular weight excluding hydrogens is 348 g/mol. The Bertz CT molecular complexity index is 887. The highest BCUT2D eigenvalue weighted by atomic mass is 35.5. The third kappa shape index (κ3) is 2.71. The van der Waals surface area contributed by atoms with Crippen molar-refractivity contribution in [3.05, 3.63) is 70.8 Å². The Labute approximate surface area is 158 Å². The Morgan fingerprint density at radius 2 is 1.85 bits per heavy atom. The molecule has 4 unspecified atom stereocenters. The minimum atomic E-state index is -0.949. The van der Waals surface area contributed by atoms with Gasteiger partial charge >= 0.3 is 0 Å². The maximum absolute atomic E-state index is 13.1. The van der Waals surface area contributed by atoms with Gasteiger partial charge in [0.05, 0.1) is 12.0 Å². The fourth-order valence-corrected chi connectivity index (χ4v) is 4.10. The lowest BCUT2D eigenvalue weighted by Gasteiger charge is -2.38. The molecule has 2 aliphatic rings. The maximum atomic E-state index is 13.1. The first-order valence-electron chi connectivity index (χ1n) is 8.91. The van der Waals surface area contributed by atoms with Crippen molar-refractivity contribution >= 4 is 17.4 Å². The van der Waals surface area contributed by atoms with Crippen molar-refractivity contribution in [1.29, 1.82) is 0 Å². The number of fused-ring (bicyclic) bond motifs is 2. The van der Waals surface area contributed by atoms with Crippen LogP contribution in [0.4, 0.5) is 0 Å². The fraction of sp³-hybridized carbons (Fsp3) is 0.318. The first kappa shape index (κ1) is 17.5. The molecule has 1 N–H and O–H groups in total. The Morgan fingerprint density at radius 1 is 1.15 bits per heavy atom. The summed E-state index contributed by atoms with van der Waals surface area (Å²) in [4.78, 5) is 13.1. The molecule has 2 aromatic carbocycles. The summed E-state index contributed by atoms with van der Waals surface area (Å²) in [5, 5.41) is 11.5. The first-order chi connectivity index (χ1) is 12.4. The number of rotatable bonds is 3. The lowest BCUT2D eigenvalue weighted by Crippen LogP contribution is -2.52. The summed E-state index contributed by atoms with van der Waals surface area (Å²) in [7, 11) is 0. The van der Waals surface area contributed by atoms with E-state index >= 15 is 0 Å². The zero-order valence-electron chi connectivity index (χ0n) is 14.8. The molecule has 1 fully saturated rings. The number of halogens is 1. The van der Waals surface area contributed by atoms with E-state index in [1.54, 1.807) is 19.1 Å². The number of benzene rings is 2. The number of hydrogen-bond acceptors (Lipinski definition) is 3. The minimum Gasteiger partial charge on any atom is -0.389 e. The number of aryl methyl sites for hydroxylation is 1. The van der Waals surface area contributed by atoms with Gasteiger partial charge in [-0.2, -0.15) is 0 Å². The SMILES string of the molecule is CCc1ccc(-c2ccc(Cl)cc2)cc1C1C(=O)C2(C)C=CC(O2)C1O. The molecule has 0 saturated carbocycles. The molecule has 2 aliphatic heterocycles. The molecule has 0 spiro atoms. The average Bonchev–Trinajstić information content (AvgIpc) is 3.02. The van der Waals surface area contributed by atoms with Gasteiger partial charge in [-0.25, -0.2) is 0 Å². The van der Waals surface area contributed by atoms with Gasteiger partial charge in [0.1, 0.15) is 11.7 Å². The van der Waals surface area contributed by atoms with E-state index in [0.29, 0.717) is 5.02 Å². The summed E-state index contributed by atoms with van der Waals surface area (Å²) in [5.41, 5.74) is 3.05. The summed E-state index contributed by atoms with van der Waals surface area (Å²) < 4.78 is 5.74. The number of carbonyl (C=O) groups is 1. The molecule has 4 heteroatoms. The van der Waals surface area contributed by atoms with Crippen LogP contribution in [0.5, 0.6) is 0 Å². The second-order valence-corrected chi connectivity index (χ2v) is 7.59. The number of aliphatic hydroxyl groups is 1. The molecular formula is C22H21ClO3. The van der Waals surface area contributed by atoms with Crippen LogP contribution in [-0.4, -0.2) is 28.7 Å². The van der Waals surface area contributed by atoms with Gasteiger partial charge in [-0.3, -0.25) is 4.79 Å². The maximum Gasteiger partial charge on any atom is 0.178 e. The Hall–Kier alpha value is -1.94. The third-order valence-corrected chi connectivity index (χ3v) is 5.73. The van der Waals surface area contributed by atoms with Crippen LogP contribution in [0.25, 0.3) is 11.1 Å². The van der Waals surface area contributed by atoms with E-state index in [2.05, 4.69) is 13.0 Å². The fourth-order valence-electron chi connectivity index (χ4n) is 3.97. The molecule has 0 aromatic heterocycles. The van der Waals surface area contributed by atoms with Crippen LogP contribution >= 0.6 is 11.6 Å². The standard InChI is InChI=1S/C22H21ClO3/c1-3-13-4-5-15(14-6-8-16(23)9-7-14)12-17(13)19-20(24)18-10-11-22(2,26-18)21(19)25/h4-12,18-20,24H,3H2,1-2H3. The highest BCUT2D eigenvalue weighted by Gasteiger charge is 2.53. The number of aliphatic hydroxyl groups excluding tert-OH is 1. The monoisotopic (exact) mass is 368 g/mol. The summed E-state index contributed by atoms with van der Waals surface area (Å²) in [6.45, 7) is 3.84. The molecule has 26 heavy (non-hydrogen) atoms. The molecule has 4 atom stereocenters. The van der Waals surface area contributed by atoms with E-state index in [0.717, 1.165) is 28.7 Å². The first-order valence-corrected chi connectivity index (χ1v) is 9.29. The predicted octanol–water partition coefficient (Wildman–Crippen LogP) is 4.31. The summed E-state index contributed by atoms with van der Waals surface area (Å²) >= 11 is 5.99. The van der Waals surface area contributed by atoms with E-state index in [1.807, 2.05) is 36.4 Å². The number of hydrogen-bond donors (Lipinski definition) is 1. The Balaban J connectivity index is 1.81. The number of ether oxygens (including phenoxy) is 1. The van der Waals surface area contributed by atoms with Crippen molar-refractivity contribution in [3.8, 4) is 11.1 Å². The molecule has 2 bridgehead atoms. The topological polar surface area (TPSA) is 46.5 Å². The third-order valence-electron chi connectivity index (χ3n) is 5.47. The van der Waals surface area contributed by atoms with Crippen LogP contribution in [0.1, 0.15) is 30.9 Å². The van der Waals surface area contributed by atoms with Crippen molar-refractivity contribution in [2.24, 2.45) is 0 Å². The van der Waals surface area contributed by atoms with Gasteiger partial charge in [0.2, 0.25) is 0 Å². The van der Waals surface area contributed by atoms with Gasteiger partial charge in [-0.05, 0) is 53.8 Å². The smallest absolute Gasteiger partial charge is 0.178 e. The minimum absolute atomic E-state index is 0.0852. The largest absolute Gasteiger partial charge is 0.389 e. The van der Waals surface area contributed by atoms with Gasteiger partial charge in [0, 0.05) is 5.02 Å². The van der Waals surface area contributed by atoms with Crippen LogP contribution in [0.2, 0.25) is 5.02 Å². The zero-order valence-corrected chi connectivity index (χ0v) is 15.5. The van der Waals surface area contributed by atoms with Crippen molar-refractivity contribution in [2.45, 2.75) is 44.0 Å². The molecule has 0 aliphatic carbocycles. The van der Waals surface area contributed by atoms with E-state index in [1.165, 1.54) is 0 Å². The molecule has 0 radical (unpaired) electrons. The molecule has 2 aromatic rings. The Morgan fingerprint density at radius 3 is 2.54 bits per heavy atom. The molecule has 1 saturated heterocycles. The van der Waals surface area contributed by atoms with Crippen molar-refractivity contribution in [3.63, 3.8) is 0 Å². The lowest BCUT2D eigenvalue weighted by molar-refractivity contribution is -0.162. The van der Waals surface area contributed by atoms with Crippen LogP contribution < -0.4 is 0 Å². The van der Waals surface area contributed by atoms with Gasteiger partial charge in [0.25, 0.3) is 0 Å². The molecule has 4 rings (SSSR count). The van der Waals surface area contributed by atoms with Crippen molar-refractivity contribution < 1.29 is 14.6 Å². The molecule has 2 heterocycles. The van der Waals surface area contributed by atoms with E-state index < -0.39 is 23.7 Å². The number of ketones is 1. The second kappa shape index (κ2) is 6.34. The van der Waals surface area contributed by atoms with E-state index in [9.17, 15) is 9.90 Å². The van der Waals surface area contributed by atoms with Gasteiger partial charge in [0.15, 0.2) is 5.78 Å². The summed E-state index contributed by atoms with van der Waals surface area (Å²) in [5.74, 6) is -0.672. The quantitative estimate of drug-likeness (QED) is 0.821. The van der Waals surface area contributed by atoms with Crippen molar-refractivity contribution in [2.75, 3.05) is 0 Å². The van der Waals surface area contributed by atoms with Gasteiger partial charge in [-0.1, -0.05) is 54.9 Å². The zero-order chi connectivity index (χ0) is 18.5. The highest BCUT2D eigenvalue weighted by molar-refractivity contribution is 6.30. The van der Waals surface area contributed by atoms with Crippen LogP contribution in [0, 0.1) is 0 Å². The summed E-state index contributed by atoms with van der Waals surface area (Å²) in [6, 6.07) is 13.8. The van der Waals surface area contributed by atoms with Crippen LogP contribution in [0.3, 0.4) is 0 Å². The van der Waals surface area contributed by atoms with Crippen molar-refractivity contribution in [1.82, 2.24) is 0 Å². The molecule has 0 amide bonds. The number of Topliss-reactive ketones (excluding diaryl/α,β-unsaturated/α-hetero) is 1. The van der Waals surface area contributed by atoms with Crippen LogP contribution in [-0.2, 0) is 16.0 Å². The van der Waals surface area contributed by atoms with E-state index in [-0.39, 0.29) is 5.78 Å². The van der Waals surface area contributed by atoms with Gasteiger partial charge in [-0.15, -0.1) is 0 Å². The molecule has 3 nitrogen and oxygen atoms in total. The molecule has 134 valence electrons. The Kier molecular flexibility index (Phi) is 4.26.